The fourth-order valence-corrected chi connectivity index (χ4v) is 3.03. The van der Waals surface area contributed by atoms with Crippen LogP contribution in [0.1, 0.15) is 0 Å². The van der Waals surface area contributed by atoms with Gasteiger partial charge in [-0.25, -0.2) is 0 Å². The lowest BCUT2D eigenvalue weighted by atomic mass is 10.2. The zero-order valence-electron chi connectivity index (χ0n) is 14.4. The molecule has 1 amide bonds. The van der Waals surface area contributed by atoms with E-state index < -0.39 is 10.8 Å². The standard InChI is InChI=1S/C17H13BrN4O5S/c1-26-14-7-6-12(22(24)25)8-13(14)19-15(23)9-28-17-21-20-16(27-17)10-2-4-11(18)5-3-10/h2-8H,9H2,1H3,(H,19,23). The predicted octanol–water partition coefficient (Wildman–Crippen LogP) is 4.15. The van der Waals surface area contributed by atoms with E-state index in [9.17, 15) is 14.9 Å². The number of methoxy groups -OCH3 is 1. The maximum atomic E-state index is 12.2. The van der Waals surface area contributed by atoms with Crippen molar-refractivity contribution in [1.82, 2.24) is 10.2 Å². The summed E-state index contributed by atoms with van der Waals surface area (Å²) in [5, 5.41) is 21.6. The molecule has 0 spiro atoms. The topological polar surface area (TPSA) is 120 Å². The van der Waals surface area contributed by atoms with Crippen LogP contribution in [-0.2, 0) is 4.79 Å². The number of rotatable bonds is 7. The fourth-order valence-electron chi connectivity index (χ4n) is 2.20. The highest BCUT2D eigenvalue weighted by Gasteiger charge is 2.15. The van der Waals surface area contributed by atoms with Gasteiger partial charge in [-0.2, -0.15) is 0 Å². The minimum absolute atomic E-state index is 0.0200. The maximum absolute atomic E-state index is 12.2. The lowest BCUT2D eigenvalue weighted by Crippen LogP contribution is -2.14. The predicted molar refractivity (Wildman–Crippen MR) is 106 cm³/mol. The Labute approximate surface area is 171 Å². The number of non-ortho nitro benzene ring substituents is 1. The summed E-state index contributed by atoms with van der Waals surface area (Å²) in [7, 11) is 1.41. The van der Waals surface area contributed by atoms with E-state index >= 15 is 0 Å². The normalized spacial score (nSPS) is 10.5. The minimum Gasteiger partial charge on any atom is -0.495 e. The first kappa shape index (κ1) is 19.8. The van der Waals surface area contributed by atoms with E-state index in [2.05, 4.69) is 31.4 Å². The number of benzene rings is 2. The van der Waals surface area contributed by atoms with E-state index in [1.165, 1.54) is 25.3 Å². The van der Waals surface area contributed by atoms with Gasteiger partial charge in [-0.3, -0.25) is 14.9 Å². The van der Waals surface area contributed by atoms with Crippen molar-refractivity contribution in [3.63, 3.8) is 0 Å². The molecule has 0 aliphatic heterocycles. The number of halogens is 1. The smallest absolute Gasteiger partial charge is 0.277 e. The number of nitrogens with one attached hydrogen (secondary N) is 1. The highest BCUT2D eigenvalue weighted by atomic mass is 79.9. The third-order valence-electron chi connectivity index (χ3n) is 3.49. The molecule has 0 atom stereocenters. The number of hydrogen-bond acceptors (Lipinski definition) is 8. The fraction of sp³-hybridized carbons (Fsp3) is 0.118. The Bertz CT molecular complexity index is 1010. The number of carbonyl (C=O) groups is 1. The Balaban J connectivity index is 1.63. The van der Waals surface area contributed by atoms with Crippen LogP contribution in [0.2, 0.25) is 0 Å². The molecular weight excluding hydrogens is 452 g/mol. The second-order valence-corrected chi connectivity index (χ2v) is 7.20. The van der Waals surface area contributed by atoms with Gasteiger partial charge >= 0.3 is 0 Å². The molecule has 3 aromatic rings. The van der Waals surface area contributed by atoms with Gasteiger partial charge in [0.25, 0.3) is 10.9 Å². The largest absolute Gasteiger partial charge is 0.495 e. The Morgan fingerprint density at radius 2 is 2.04 bits per heavy atom. The van der Waals surface area contributed by atoms with Crippen molar-refractivity contribution >= 4 is 45.0 Å². The first-order valence-electron chi connectivity index (χ1n) is 7.81. The number of anilines is 1. The van der Waals surface area contributed by atoms with Crippen LogP contribution in [0, 0.1) is 10.1 Å². The van der Waals surface area contributed by atoms with E-state index in [0.717, 1.165) is 21.8 Å². The van der Waals surface area contributed by atoms with Gasteiger partial charge in [0, 0.05) is 22.2 Å². The summed E-state index contributed by atoms with van der Waals surface area (Å²) in [5.41, 5.74) is 0.816. The summed E-state index contributed by atoms with van der Waals surface area (Å²) >= 11 is 4.41. The Morgan fingerprint density at radius 1 is 1.29 bits per heavy atom. The molecule has 0 fully saturated rings. The molecule has 2 aromatic carbocycles. The highest BCUT2D eigenvalue weighted by Crippen LogP contribution is 2.29. The molecule has 0 bridgehead atoms. The second kappa shape index (κ2) is 8.85. The molecule has 144 valence electrons. The van der Waals surface area contributed by atoms with Crippen molar-refractivity contribution in [2.24, 2.45) is 0 Å². The van der Waals surface area contributed by atoms with Gasteiger partial charge in [0.15, 0.2) is 0 Å². The number of nitrogens with zero attached hydrogens (tertiary/aromatic N) is 3. The molecule has 0 radical (unpaired) electrons. The summed E-state index contributed by atoms with van der Waals surface area (Å²) in [6.07, 6.45) is 0. The number of thioether (sulfide) groups is 1. The van der Waals surface area contributed by atoms with Gasteiger partial charge in [-0.1, -0.05) is 27.7 Å². The molecule has 9 nitrogen and oxygen atoms in total. The van der Waals surface area contributed by atoms with Crippen LogP contribution < -0.4 is 10.1 Å². The zero-order valence-corrected chi connectivity index (χ0v) is 16.8. The summed E-state index contributed by atoms with van der Waals surface area (Å²) in [6, 6.07) is 11.3. The van der Waals surface area contributed by atoms with Crippen LogP contribution >= 0.6 is 27.7 Å². The average molecular weight is 465 g/mol. The summed E-state index contributed by atoms with van der Waals surface area (Å²) < 4.78 is 11.6. The first-order chi connectivity index (χ1) is 13.5. The Hall–Kier alpha value is -2.92. The van der Waals surface area contributed by atoms with Crippen LogP contribution in [0.25, 0.3) is 11.5 Å². The Kier molecular flexibility index (Phi) is 6.26. The van der Waals surface area contributed by atoms with Crippen molar-refractivity contribution < 1.29 is 18.9 Å². The molecule has 0 unspecified atom stereocenters. The third-order valence-corrected chi connectivity index (χ3v) is 4.84. The van der Waals surface area contributed by atoms with Gasteiger partial charge in [-0.05, 0) is 30.3 Å². The summed E-state index contributed by atoms with van der Waals surface area (Å²) in [5.74, 6) is 0.246. The lowest BCUT2D eigenvalue weighted by Gasteiger charge is -2.09. The quantitative estimate of drug-likeness (QED) is 0.314. The van der Waals surface area contributed by atoms with Gasteiger partial charge < -0.3 is 14.5 Å². The van der Waals surface area contributed by atoms with Gasteiger partial charge in [-0.15, -0.1) is 10.2 Å². The molecule has 1 heterocycles. The third kappa shape index (κ3) is 4.87. The van der Waals surface area contributed by atoms with E-state index in [1.807, 2.05) is 24.3 Å². The van der Waals surface area contributed by atoms with Crippen molar-refractivity contribution in [3.8, 4) is 17.2 Å². The first-order valence-corrected chi connectivity index (χ1v) is 9.58. The summed E-state index contributed by atoms with van der Waals surface area (Å²) in [6.45, 7) is 0. The molecule has 1 N–H and O–H groups in total. The van der Waals surface area contributed by atoms with Crippen molar-refractivity contribution in [3.05, 3.63) is 57.1 Å². The number of nitro benzene ring substituents is 1. The van der Waals surface area contributed by atoms with Crippen molar-refractivity contribution in [2.75, 3.05) is 18.2 Å². The van der Waals surface area contributed by atoms with Crippen LogP contribution in [-0.4, -0.2) is 33.9 Å². The molecule has 0 aliphatic carbocycles. The van der Waals surface area contributed by atoms with Gasteiger partial charge in [0.05, 0.1) is 23.5 Å². The molecule has 0 saturated carbocycles. The molecule has 28 heavy (non-hydrogen) atoms. The van der Waals surface area contributed by atoms with E-state index in [1.54, 1.807) is 0 Å². The van der Waals surface area contributed by atoms with Crippen molar-refractivity contribution in [2.45, 2.75) is 5.22 Å². The molecule has 0 saturated heterocycles. The van der Waals surface area contributed by atoms with E-state index in [4.69, 9.17) is 9.15 Å². The number of nitro groups is 1. The average Bonchev–Trinajstić information content (AvgIpc) is 3.16. The number of carbonyl (C=O) groups excluding carboxylic acids is 1. The number of ether oxygens (including phenoxy) is 1. The SMILES string of the molecule is COc1ccc([N+](=O)[O-])cc1NC(=O)CSc1nnc(-c2ccc(Br)cc2)o1. The van der Waals surface area contributed by atoms with E-state index in [-0.39, 0.29) is 22.4 Å². The minimum atomic E-state index is -0.550. The molecule has 11 heteroatoms. The maximum Gasteiger partial charge on any atom is 0.277 e. The molecule has 0 aliphatic rings. The Morgan fingerprint density at radius 3 is 2.71 bits per heavy atom. The second-order valence-electron chi connectivity index (χ2n) is 5.36. The monoisotopic (exact) mass is 464 g/mol. The van der Waals surface area contributed by atoms with Gasteiger partial charge in [0.2, 0.25) is 11.8 Å². The van der Waals surface area contributed by atoms with Crippen LogP contribution in [0.4, 0.5) is 11.4 Å². The summed E-state index contributed by atoms with van der Waals surface area (Å²) in [4.78, 5) is 22.6. The van der Waals surface area contributed by atoms with Crippen LogP contribution in [0.15, 0.2) is 56.6 Å². The van der Waals surface area contributed by atoms with Crippen LogP contribution in [0.5, 0.6) is 5.75 Å². The van der Waals surface area contributed by atoms with Crippen molar-refractivity contribution in [1.29, 1.82) is 0 Å². The van der Waals surface area contributed by atoms with Crippen LogP contribution in [0.3, 0.4) is 0 Å². The van der Waals surface area contributed by atoms with E-state index in [0.29, 0.717) is 11.6 Å². The molecular formula is C17H13BrN4O5S. The number of hydrogen-bond donors (Lipinski definition) is 1. The van der Waals surface area contributed by atoms with Gasteiger partial charge in [0.1, 0.15) is 5.75 Å². The zero-order chi connectivity index (χ0) is 20.1. The number of amides is 1. The molecule has 3 rings (SSSR count). The molecule has 1 aromatic heterocycles. The highest BCUT2D eigenvalue weighted by molar-refractivity contribution is 9.10. The number of aromatic nitrogens is 2. The lowest BCUT2D eigenvalue weighted by molar-refractivity contribution is -0.384.